The molecule has 21 heavy (non-hydrogen) atoms. The lowest BCUT2D eigenvalue weighted by Crippen LogP contribution is -2.40. The fourth-order valence-corrected chi connectivity index (χ4v) is 5.03. The van der Waals surface area contributed by atoms with Crippen LogP contribution in [0.2, 0.25) is 0 Å². The minimum Gasteiger partial charge on any atom is -0.493 e. The van der Waals surface area contributed by atoms with Crippen LogP contribution >= 0.6 is 0 Å². The summed E-state index contributed by atoms with van der Waals surface area (Å²) in [4.78, 5) is 0. The maximum absolute atomic E-state index is 10.4. The second-order valence-electron chi connectivity index (χ2n) is 7.29. The van der Waals surface area contributed by atoms with Crippen molar-refractivity contribution in [3.8, 4) is 11.5 Å². The average molecular weight is 284 g/mol. The standard InChI is InChI=1S/C18H20O3/c1-18-8-10(18)7-9-3-6-13(20-2)17-14(9)15-11(18)4-5-12(19)16(15)21-17/h3-6,10-12,15-16,19H,7-8H2,1-2H3/t10-,11?,12-,15?,16-,18?/m0/s1. The van der Waals surface area contributed by atoms with Gasteiger partial charge in [-0.2, -0.15) is 0 Å². The van der Waals surface area contributed by atoms with Gasteiger partial charge in [0.1, 0.15) is 12.2 Å². The topological polar surface area (TPSA) is 38.7 Å². The van der Waals surface area contributed by atoms with Crippen LogP contribution in [0.1, 0.15) is 30.4 Å². The van der Waals surface area contributed by atoms with Gasteiger partial charge < -0.3 is 14.6 Å². The molecule has 3 nitrogen and oxygen atoms in total. The van der Waals surface area contributed by atoms with Crippen molar-refractivity contribution in [2.24, 2.45) is 17.3 Å². The van der Waals surface area contributed by atoms with Crippen LogP contribution in [0.3, 0.4) is 0 Å². The van der Waals surface area contributed by atoms with Crippen molar-refractivity contribution in [1.82, 2.24) is 0 Å². The van der Waals surface area contributed by atoms with E-state index in [0.29, 0.717) is 11.3 Å². The lowest BCUT2D eigenvalue weighted by atomic mass is 9.70. The highest BCUT2D eigenvalue weighted by molar-refractivity contribution is 5.58. The molecule has 0 spiro atoms. The fourth-order valence-electron chi connectivity index (χ4n) is 5.03. The highest BCUT2D eigenvalue weighted by Crippen LogP contribution is 2.68. The fraction of sp³-hybridized carbons (Fsp3) is 0.556. The van der Waals surface area contributed by atoms with Crippen molar-refractivity contribution in [2.45, 2.75) is 37.9 Å². The van der Waals surface area contributed by atoms with Gasteiger partial charge in [0.05, 0.1) is 7.11 Å². The van der Waals surface area contributed by atoms with E-state index in [4.69, 9.17) is 9.47 Å². The highest BCUT2D eigenvalue weighted by atomic mass is 16.5. The van der Waals surface area contributed by atoms with E-state index >= 15 is 0 Å². The first-order valence-electron chi connectivity index (χ1n) is 7.86. The SMILES string of the molecule is COc1ccc2c3c1O[C@@H]1C3C(C=C[C@@H]1O)C1(C)C[C@@H]1C2. The highest BCUT2D eigenvalue weighted by Gasteiger charge is 2.62. The second kappa shape index (κ2) is 3.64. The summed E-state index contributed by atoms with van der Waals surface area (Å²) in [5.41, 5.74) is 3.08. The molecule has 1 heterocycles. The maximum atomic E-state index is 10.4. The summed E-state index contributed by atoms with van der Waals surface area (Å²) in [5, 5.41) is 10.4. The summed E-state index contributed by atoms with van der Waals surface area (Å²) in [6, 6.07) is 4.22. The van der Waals surface area contributed by atoms with Crippen LogP contribution in [-0.4, -0.2) is 24.4 Å². The summed E-state index contributed by atoms with van der Waals surface area (Å²) < 4.78 is 11.7. The van der Waals surface area contributed by atoms with Gasteiger partial charge in [0, 0.05) is 11.5 Å². The molecule has 1 fully saturated rings. The van der Waals surface area contributed by atoms with Crippen LogP contribution in [-0.2, 0) is 6.42 Å². The van der Waals surface area contributed by atoms with Crippen LogP contribution < -0.4 is 9.47 Å². The lowest BCUT2D eigenvalue weighted by Gasteiger charge is -2.35. The molecule has 0 aromatic heterocycles. The Bertz CT molecular complexity index is 665. The third kappa shape index (κ3) is 1.34. The smallest absolute Gasteiger partial charge is 0.165 e. The van der Waals surface area contributed by atoms with E-state index in [1.807, 2.05) is 12.1 Å². The molecular formula is C18H20O3. The van der Waals surface area contributed by atoms with Gasteiger partial charge in [-0.05, 0) is 41.7 Å². The van der Waals surface area contributed by atoms with E-state index in [-0.39, 0.29) is 12.0 Å². The average Bonchev–Trinajstić information content (AvgIpc) is 2.96. The summed E-state index contributed by atoms with van der Waals surface area (Å²) in [6.45, 7) is 2.41. The number of hydrogen-bond donors (Lipinski definition) is 1. The van der Waals surface area contributed by atoms with Gasteiger partial charge in [-0.3, -0.25) is 0 Å². The van der Waals surface area contributed by atoms with E-state index < -0.39 is 6.10 Å². The maximum Gasteiger partial charge on any atom is 0.165 e. The van der Waals surface area contributed by atoms with Crippen LogP contribution in [0.25, 0.3) is 0 Å². The summed E-state index contributed by atoms with van der Waals surface area (Å²) in [6.07, 6.45) is 5.95. The molecule has 0 amide bonds. The van der Waals surface area contributed by atoms with Crippen molar-refractivity contribution < 1.29 is 14.6 Å². The summed E-state index contributed by atoms with van der Waals surface area (Å²) in [7, 11) is 1.69. The molecule has 1 N–H and O–H groups in total. The summed E-state index contributed by atoms with van der Waals surface area (Å²) >= 11 is 0. The largest absolute Gasteiger partial charge is 0.493 e. The Labute approximate surface area is 124 Å². The first-order valence-corrected chi connectivity index (χ1v) is 7.86. The van der Waals surface area contributed by atoms with E-state index in [2.05, 4.69) is 19.1 Å². The third-order valence-electron chi connectivity index (χ3n) is 6.34. The molecule has 1 saturated carbocycles. The molecule has 1 aromatic rings. The zero-order valence-corrected chi connectivity index (χ0v) is 12.4. The molecular weight excluding hydrogens is 264 g/mol. The van der Waals surface area contributed by atoms with Gasteiger partial charge in [-0.1, -0.05) is 25.1 Å². The zero-order chi connectivity index (χ0) is 14.4. The van der Waals surface area contributed by atoms with Crippen molar-refractivity contribution in [2.75, 3.05) is 7.11 Å². The normalized spacial score (nSPS) is 44.4. The minimum absolute atomic E-state index is 0.152. The number of aliphatic hydroxyl groups excluding tert-OH is 1. The number of methoxy groups -OCH3 is 1. The molecule has 110 valence electrons. The van der Waals surface area contributed by atoms with Gasteiger partial charge in [0.2, 0.25) is 0 Å². The Morgan fingerprint density at radius 1 is 1.33 bits per heavy atom. The van der Waals surface area contributed by atoms with Crippen LogP contribution in [0.15, 0.2) is 24.3 Å². The first-order chi connectivity index (χ1) is 10.1. The molecule has 4 aliphatic rings. The zero-order valence-electron chi connectivity index (χ0n) is 12.4. The minimum atomic E-state index is -0.518. The van der Waals surface area contributed by atoms with Crippen molar-refractivity contribution >= 4 is 0 Å². The molecule has 0 saturated heterocycles. The monoisotopic (exact) mass is 284 g/mol. The van der Waals surface area contributed by atoms with Crippen molar-refractivity contribution in [3.05, 3.63) is 35.4 Å². The van der Waals surface area contributed by atoms with Crippen LogP contribution in [0.4, 0.5) is 0 Å². The van der Waals surface area contributed by atoms with E-state index in [1.54, 1.807) is 7.11 Å². The predicted molar refractivity (Wildman–Crippen MR) is 78.7 cm³/mol. The summed E-state index contributed by atoms with van der Waals surface area (Å²) in [5.74, 6) is 3.21. The van der Waals surface area contributed by atoms with Gasteiger partial charge in [0.25, 0.3) is 0 Å². The molecule has 3 heteroatoms. The van der Waals surface area contributed by atoms with Crippen molar-refractivity contribution in [1.29, 1.82) is 0 Å². The predicted octanol–water partition coefficient (Wildman–Crippen LogP) is 2.67. The van der Waals surface area contributed by atoms with E-state index in [0.717, 1.165) is 23.8 Å². The number of benzene rings is 1. The Hall–Kier alpha value is -1.48. The Balaban J connectivity index is 1.77. The molecule has 1 aliphatic heterocycles. The third-order valence-corrected chi connectivity index (χ3v) is 6.34. The lowest BCUT2D eigenvalue weighted by molar-refractivity contribution is 0.0392. The van der Waals surface area contributed by atoms with Crippen molar-refractivity contribution in [3.63, 3.8) is 0 Å². The number of hydrogen-bond acceptors (Lipinski definition) is 3. The molecule has 6 atom stereocenters. The molecule has 5 rings (SSSR count). The van der Waals surface area contributed by atoms with Gasteiger partial charge in [-0.15, -0.1) is 0 Å². The van der Waals surface area contributed by atoms with E-state index in [1.165, 1.54) is 17.5 Å². The molecule has 1 aromatic carbocycles. The van der Waals surface area contributed by atoms with Gasteiger partial charge in [-0.25, -0.2) is 0 Å². The van der Waals surface area contributed by atoms with Gasteiger partial charge >= 0.3 is 0 Å². The number of aliphatic hydroxyl groups is 1. The quantitative estimate of drug-likeness (QED) is 0.806. The van der Waals surface area contributed by atoms with Gasteiger partial charge in [0.15, 0.2) is 11.5 Å². The Morgan fingerprint density at radius 2 is 2.19 bits per heavy atom. The number of rotatable bonds is 1. The number of allylic oxidation sites excluding steroid dienone is 1. The molecule has 3 unspecified atom stereocenters. The molecule has 0 bridgehead atoms. The first kappa shape index (κ1) is 12.1. The van der Waals surface area contributed by atoms with Crippen LogP contribution in [0.5, 0.6) is 11.5 Å². The Kier molecular flexibility index (Phi) is 2.10. The molecule has 3 aliphatic carbocycles. The van der Waals surface area contributed by atoms with Crippen LogP contribution in [0, 0.1) is 17.3 Å². The number of fused-ring (bicyclic) bond motifs is 2. The molecule has 0 radical (unpaired) electrons. The Morgan fingerprint density at radius 3 is 3.00 bits per heavy atom. The van der Waals surface area contributed by atoms with E-state index in [9.17, 15) is 5.11 Å². The number of ether oxygens (including phenoxy) is 2. The second-order valence-corrected chi connectivity index (χ2v) is 7.29.